The fourth-order valence-corrected chi connectivity index (χ4v) is 5.88. The molecule has 0 aliphatic carbocycles. The Hall–Kier alpha value is -3.85. The molecule has 10 heteroatoms. The van der Waals surface area contributed by atoms with Crippen molar-refractivity contribution in [1.29, 1.82) is 0 Å². The van der Waals surface area contributed by atoms with Crippen LogP contribution in [0.2, 0.25) is 10.0 Å². The summed E-state index contributed by atoms with van der Waals surface area (Å²) in [6.45, 7) is 1.87. The van der Waals surface area contributed by atoms with Crippen LogP contribution < -0.4 is 19.6 Å². The molecule has 1 N–H and O–H groups in total. The summed E-state index contributed by atoms with van der Waals surface area (Å²) in [6.07, 6.45) is 1.51. The van der Waals surface area contributed by atoms with Crippen molar-refractivity contribution < 1.29 is 19.4 Å². The van der Waals surface area contributed by atoms with Gasteiger partial charge in [-0.05, 0) is 42.8 Å². The van der Waals surface area contributed by atoms with Gasteiger partial charge in [-0.1, -0.05) is 77.0 Å². The third-order valence-corrected chi connectivity index (χ3v) is 7.64. The quantitative estimate of drug-likeness (QED) is 0.326. The number of carbonyl (C=O) groups is 1. The number of ether oxygens (including phenoxy) is 2. The molecule has 39 heavy (non-hydrogen) atoms. The molecule has 1 aliphatic heterocycles. The fraction of sp³-hybridized carbons (Fsp3) is 0.138. The van der Waals surface area contributed by atoms with Crippen LogP contribution in [0.1, 0.15) is 29.7 Å². The minimum Gasteiger partial charge on any atom is -0.506 e. The normalized spacial score (nSPS) is 15.1. The van der Waals surface area contributed by atoms with Gasteiger partial charge in [0.25, 0.3) is 5.56 Å². The minimum absolute atomic E-state index is 0.0635. The van der Waals surface area contributed by atoms with E-state index in [2.05, 4.69) is 0 Å². The number of hydrogen-bond acceptors (Lipinski definition) is 7. The number of methoxy groups -OCH3 is 1. The number of fused-ring (bicyclic) bond motifs is 1. The third kappa shape index (κ3) is 5.11. The topological polar surface area (TPSA) is 90.1 Å². The van der Waals surface area contributed by atoms with Gasteiger partial charge in [-0.15, -0.1) is 0 Å². The summed E-state index contributed by atoms with van der Waals surface area (Å²) in [5.41, 5.74) is 1.91. The fourth-order valence-electron chi connectivity index (χ4n) is 4.38. The number of hydrogen-bond donors (Lipinski definition) is 1. The average Bonchev–Trinajstić information content (AvgIpc) is 3.25. The van der Waals surface area contributed by atoms with Crippen molar-refractivity contribution in [2.45, 2.75) is 13.0 Å². The van der Waals surface area contributed by atoms with Crippen molar-refractivity contribution >= 4 is 52.3 Å². The van der Waals surface area contributed by atoms with Crippen LogP contribution in [0.15, 0.2) is 82.1 Å². The van der Waals surface area contributed by atoms with Gasteiger partial charge in [0.15, 0.2) is 4.80 Å². The number of phenolic OH excluding ortho intramolecular Hbond substituents is 1. The molecule has 5 rings (SSSR count). The van der Waals surface area contributed by atoms with E-state index in [1.165, 1.54) is 22.8 Å². The van der Waals surface area contributed by atoms with E-state index in [0.29, 0.717) is 32.4 Å². The molecule has 0 fully saturated rings. The summed E-state index contributed by atoms with van der Waals surface area (Å²) in [5, 5.41) is 10.9. The van der Waals surface area contributed by atoms with Crippen LogP contribution in [0, 0.1) is 0 Å². The summed E-state index contributed by atoms with van der Waals surface area (Å²) in [5.74, 6) is -0.144. The van der Waals surface area contributed by atoms with E-state index in [1.807, 2.05) is 30.3 Å². The van der Waals surface area contributed by atoms with Crippen molar-refractivity contribution in [2.24, 2.45) is 4.99 Å². The number of aromatic hydroxyl groups is 1. The molecule has 0 amide bonds. The number of nitrogens with zero attached hydrogens (tertiary/aromatic N) is 2. The Labute approximate surface area is 237 Å². The van der Waals surface area contributed by atoms with Crippen LogP contribution in [0.25, 0.3) is 11.8 Å². The van der Waals surface area contributed by atoms with E-state index in [9.17, 15) is 14.7 Å². The molecule has 0 radical (unpaired) electrons. The summed E-state index contributed by atoms with van der Waals surface area (Å²) in [7, 11) is 1.56. The summed E-state index contributed by atoms with van der Waals surface area (Å²) >= 11 is 13.4. The molecule has 3 aromatic carbocycles. The predicted molar refractivity (Wildman–Crippen MR) is 152 cm³/mol. The molecule has 1 aromatic heterocycles. The predicted octanol–water partition coefficient (Wildman–Crippen LogP) is 4.96. The first-order chi connectivity index (χ1) is 18.8. The van der Waals surface area contributed by atoms with E-state index < -0.39 is 17.6 Å². The number of thiazole rings is 1. The molecule has 0 saturated heterocycles. The number of rotatable bonds is 6. The first-order valence-corrected chi connectivity index (χ1v) is 13.5. The van der Waals surface area contributed by atoms with Crippen molar-refractivity contribution in [3.05, 3.63) is 119 Å². The van der Waals surface area contributed by atoms with Crippen LogP contribution in [0.5, 0.6) is 11.5 Å². The molecular formula is C29H22Cl2N2O5S. The highest BCUT2D eigenvalue weighted by molar-refractivity contribution is 7.07. The van der Waals surface area contributed by atoms with E-state index in [4.69, 9.17) is 37.7 Å². The zero-order valence-electron chi connectivity index (χ0n) is 20.9. The van der Waals surface area contributed by atoms with Gasteiger partial charge in [-0.25, -0.2) is 9.79 Å². The van der Waals surface area contributed by atoms with Crippen molar-refractivity contribution in [2.75, 3.05) is 13.7 Å². The van der Waals surface area contributed by atoms with Gasteiger partial charge in [-0.3, -0.25) is 9.36 Å². The first-order valence-electron chi connectivity index (χ1n) is 11.9. The monoisotopic (exact) mass is 580 g/mol. The van der Waals surface area contributed by atoms with Gasteiger partial charge in [0.1, 0.15) is 11.5 Å². The molecular weight excluding hydrogens is 559 g/mol. The highest BCUT2D eigenvalue weighted by atomic mass is 35.5. The number of aromatic nitrogens is 1. The standard InChI is InChI=1S/C29H22Cl2N2O5S/c1-3-38-28(36)23-24(16-7-5-4-6-8-16)32-29-33(25(23)17-9-11-20(37-2)12-10-17)27(35)22(39-29)14-18-13-19(30)15-21(31)26(18)34/h4-15,25,34H,3H2,1-2H3/b22-14-/t25-/m0/s1. The molecule has 0 unspecified atom stereocenters. The SMILES string of the molecule is CCOC(=O)C1=C(c2ccccc2)N=c2s/c(=C\c3cc(Cl)cc(Cl)c3O)c(=O)n2[C@H]1c1ccc(OC)cc1. The Kier molecular flexibility index (Phi) is 7.61. The average molecular weight is 581 g/mol. The zero-order chi connectivity index (χ0) is 27.7. The van der Waals surface area contributed by atoms with Crippen molar-refractivity contribution in [3.8, 4) is 11.5 Å². The molecule has 7 nitrogen and oxygen atoms in total. The number of carbonyl (C=O) groups excluding carboxylic acids is 1. The van der Waals surface area contributed by atoms with Crippen LogP contribution in [-0.4, -0.2) is 29.4 Å². The second-order valence-corrected chi connectivity index (χ2v) is 10.4. The summed E-state index contributed by atoms with van der Waals surface area (Å²) in [4.78, 5) is 32.6. The van der Waals surface area contributed by atoms with E-state index in [0.717, 1.165) is 11.3 Å². The molecule has 4 aromatic rings. The van der Waals surface area contributed by atoms with Gasteiger partial charge in [0, 0.05) is 16.1 Å². The van der Waals surface area contributed by atoms with Gasteiger partial charge in [0.05, 0.1) is 40.6 Å². The second kappa shape index (κ2) is 11.1. The zero-order valence-corrected chi connectivity index (χ0v) is 23.2. The summed E-state index contributed by atoms with van der Waals surface area (Å²) in [6, 6.07) is 18.5. The Morgan fingerprint density at radius 2 is 1.85 bits per heavy atom. The highest BCUT2D eigenvalue weighted by Crippen LogP contribution is 2.36. The molecule has 0 spiro atoms. The van der Waals surface area contributed by atoms with E-state index >= 15 is 0 Å². The van der Waals surface area contributed by atoms with E-state index in [1.54, 1.807) is 38.3 Å². The molecule has 198 valence electrons. The lowest BCUT2D eigenvalue weighted by Gasteiger charge is -2.26. The summed E-state index contributed by atoms with van der Waals surface area (Å²) < 4.78 is 12.5. The Balaban J connectivity index is 1.84. The maximum Gasteiger partial charge on any atom is 0.338 e. The van der Waals surface area contributed by atoms with Crippen LogP contribution in [0.3, 0.4) is 0 Å². The Morgan fingerprint density at radius 1 is 1.13 bits per heavy atom. The largest absolute Gasteiger partial charge is 0.506 e. The van der Waals surface area contributed by atoms with Gasteiger partial charge in [0.2, 0.25) is 0 Å². The Bertz CT molecular complexity index is 1780. The molecule has 0 bridgehead atoms. The van der Waals surface area contributed by atoms with Crippen molar-refractivity contribution in [3.63, 3.8) is 0 Å². The smallest absolute Gasteiger partial charge is 0.338 e. The number of phenols is 1. The number of esters is 1. The Morgan fingerprint density at radius 3 is 2.51 bits per heavy atom. The lowest BCUT2D eigenvalue weighted by Crippen LogP contribution is -2.40. The van der Waals surface area contributed by atoms with Gasteiger partial charge < -0.3 is 14.6 Å². The molecule has 0 saturated carbocycles. The highest BCUT2D eigenvalue weighted by Gasteiger charge is 2.35. The van der Waals surface area contributed by atoms with Crippen LogP contribution >= 0.6 is 34.5 Å². The molecule has 1 atom stereocenters. The number of benzene rings is 3. The van der Waals surface area contributed by atoms with E-state index in [-0.39, 0.29) is 33.0 Å². The van der Waals surface area contributed by atoms with Gasteiger partial charge in [-0.2, -0.15) is 0 Å². The first kappa shape index (κ1) is 26.7. The third-order valence-electron chi connectivity index (χ3n) is 6.15. The van der Waals surface area contributed by atoms with Crippen LogP contribution in [-0.2, 0) is 9.53 Å². The minimum atomic E-state index is -0.833. The maximum atomic E-state index is 13.9. The number of halogens is 2. The van der Waals surface area contributed by atoms with Gasteiger partial charge >= 0.3 is 5.97 Å². The molecule has 1 aliphatic rings. The molecule has 2 heterocycles. The lowest BCUT2D eigenvalue weighted by atomic mass is 9.93. The van der Waals surface area contributed by atoms with Crippen LogP contribution in [0.4, 0.5) is 0 Å². The lowest BCUT2D eigenvalue weighted by molar-refractivity contribution is -0.138. The maximum absolute atomic E-state index is 13.9. The van der Waals surface area contributed by atoms with Crippen molar-refractivity contribution in [1.82, 2.24) is 4.57 Å². The second-order valence-electron chi connectivity index (χ2n) is 8.53.